The molecule has 7 nitrogen and oxygen atoms in total. The predicted molar refractivity (Wildman–Crippen MR) is 131 cm³/mol. The molecule has 0 saturated carbocycles. The summed E-state index contributed by atoms with van der Waals surface area (Å²) in [6.45, 7) is 4.09. The van der Waals surface area contributed by atoms with Crippen LogP contribution in [0.3, 0.4) is 0 Å². The first-order valence-electron chi connectivity index (χ1n) is 12.1. The lowest BCUT2D eigenvalue weighted by atomic mass is 9.98. The summed E-state index contributed by atoms with van der Waals surface area (Å²) in [5.74, 6) is -1.25. The molecule has 34 heavy (non-hydrogen) atoms. The fourth-order valence-corrected chi connectivity index (χ4v) is 4.50. The molecule has 1 aliphatic rings. The summed E-state index contributed by atoms with van der Waals surface area (Å²) in [6, 6.07) is 15.5. The van der Waals surface area contributed by atoms with E-state index in [1.807, 2.05) is 38.1 Å². The van der Waals surface area contributed by atoms with E-state index in [0.29, 0.717) is 12.8 Å². The molecule has 3 N–H and O–H groups in total. The average molecular weight is 467 g/mol. The second-order valence-corrected chi connectivity index (χ2v) is 8.78. The molecule has 3 rings (SSSR count). The molecule has 2 aromatic rings. The smallest absolute Gasteiger partial charge is 0.407 e. The number of ether oxygens (including phenoxy) is 1. The Labute approximate surface area is 200 Å². The van der Waals surface area contributed by atoms with Crippen LogP contribution in [0.15, 0.2) is 48.5 Å². The van der Waals surface area contributed by atoms with Crippen molar-refractivity contribution < 1.29 is 24.2 Å². The zero-order valence-electron chi connectivity index (χ0n) is 19.9. The third-order valence-electron chi connectivity index (χ3n) is 6.28. The number of fused-ring (bicyclic) bond motifs is 3. The van der Waals surface area contributed by atoms with E-state index in [0.717, 1.165) is 35.1 Å². The topological polar surface area (TPSA) is 105 Å². The fourth-order valence-electron chi connectivity index (χ4n) is 4.50. The monoisotopic (exact) mass is 466 g/mol. The van der Waals surface area contributed by atoms with E-state index in [2.05, 4.69) is 34.9 Å². The maximum atomic E-state index is 12.7. The zero-order valence-corrected chi connectivity index (χ0v) is 19.9. The summed E-state index contributed by atoms with van der Waals surface area (Å²) in [4.78, 5) is 36.1. The minimum absolute atomic E-state index is 0.0307. The highest BCUT2D eigenvalue weighted by Crippen LogP contribution is 2.44. The fraction of sp³-hybridized carbons (Fsp3) is 0.444. The maximum Gasteiger partial charge on any atom is 0.407 e. The molecule has 0 aliphatic heterocycles. The van der Waals surface area contributed by atoms with Crippen LogP contribution in [-0.4, -0.2) is 41.8 Å². The molecule has 1 aliphatic carbocycles. The summed E-state index contributed by atoms with van der Waals surface area (Å²) in [7, 11) is 0. The van der Waals surface area contributed by atoms with Crippen LogP contribution in [-0.2, 0) is 14.3 Å². The quantitative estimate of drug-likeness (QED) is 0.415. The van der Waals surface area contributed by atoms with Crippen molar-refractivity contribution in [3.63, 3.8) is 0 Å². The second-order valence-electron chi connectivity index (χ2n) is 8.78. The molecule has 0 fully saturated rings. The van der Waals surface area contributed by atoms with Crippen molar-refractivity contribution in [2.45, 2.75) is 70.4 Å². The summed E-state index contributed by atoms with van der Waals surface area (Å²) in [5.41, 5.74) is 4.61. The minimum atomic E-state index is -0.952. The first kappa shape index (κ1) is 25.3. The SMILES string of the molecule is CCCC[C@H](CC(=O)N[C@@H](CC)CC(=O)O)NC(=O)OCC1c2ccccc2-c2ccccc21. The van der Waals surface area contributed by atoms with Crippen molar-refractivity contribution in [1.29, 1.82) is 0 Å². The standard InChI is InChI=1S/C27H34N2O5/c1-3-5-10-19(15-25(30)28-18(4-2)16-26(31)32)29-27(33)34-17-24-22-13-8-6-11-20(22)21-12-7-9-14-23(21)24/h6-9,11-14,18-19,24H,3-5,10,15-17H2,1-2H3,(H,28,30)(H,29,33)(H,31,32)/t18-,19+/m0/s1. The number of rotatable bonds is 12. The van der Waals surface area contributed by atoms with Gasteiger partial charge in [-0.05, 0) is 35.1 Å². The number of amides is 2. The molecule has 0 radical (unpaired) electrons. The summed E-state index contributed by atoms with van der Waals surface area (Å²) < 4.78 is 5.63. The Kier molecular flexibility index (Phi) is 9.08. The van der Waals surface area contributed by atoms with Gasteiger partial charge in [-0.2, -0.15) is 0 Å². The van der Waals surface area contributed by atoms with E-state index in [9.17, 15) is 14.4 Å². The number of carboxylic acids is 1. The lowest BCUT2D eigenvalue weighted by molar-refractivity contribution is -0.137. The normalized spacial score (nSPS) is 13.9. The highest BCUT2D eigenvalue weighted by Gasteiger charge is 2.29. The highest BCUT2D eigenvalue weighted by molar-refractivity contribution is 5.80. The number of aliphatic carboxylic acids is 1. The lowest BCUT2D eigenvalue weighted by Crippen LogP contribution is -2.42. The molecule has 0 saturated heterocycles. The molecular weight excluding hydrogens is 432 g/mol. The van der Waals surface area contributed by atoms with Crippen LogP contribution in [0.25, 0.3) is 11.1 Å². The van der Waals surface area contributed by atoms with Crippen molar-refractivity contribution in [2.75, 3.05) is 6.61 Å². The molecule has 7 heteroatoms. The number of hydrogen-bond donors (Lipinski definition) is 3. The van der Waals surface area contributed by atoms with Crippen LogP contribution in [0.2, 0.25) is 0 Å². The van der Waals surface area contributed by atoms with Gasteiger partial charge in [0.1, 0.15) is 6.61 Å². The van der Waals surface area contributed by atoms with Gasteiger partial charge < -0.3 is 20.5 Å². The number of carboxylic acid groups (broad SMARTS) is 1. The van der Waals surface area contributed by atoms with Crippen molar-refractivity contribution in [3.8, 4) is 11.1 Å². The number of hydrogen-bond acceptors (Lipinski definition) is 4. The van der Waals surface area contributed by atoms with E-state index >= 15 is 0 Å². The summed E-state index contributed by atoms with van der Waals surface area (Å²) in [6.07, 6.45) is 2.37. The molecule has 0 heterocycles. The summed E-state index contributed by atoms with van der Waals surface area (Å²) >= 11 is 0. The third kappa shape index (κ3) is 6.59. The van der Waals surface area contributed by atoms with Crippen LogP contribution < -0.4 is 10.6 Å². The van der Waals surface area contributed by atoms with E-state index in [-0.39, 0.29) is 37.3 Å². The number of carbonyl (C=O) groups excluding carboxylic acids is 2. The van der Waals surface area contributed by atoms with Gasteiger partial charge in [0.05, 0.1) is 6.42 Å². The van der Waals surface area contributed by atoms with E-state index in [1.54, 1.807) is 0 Å². The summed E-state index contributed by atoms with van der Waals surface area (Å²) in [5, 5.41) is 14.6. The molecule has 2 amide bonds. The van der Waals surface area contributed by atoms with Gasteiger partial charge in [0.25, 0.3) is 0 Å². The van der Waals surface area contributed by atoms with Crippen LogP contribution in [0.4, 0.5) is 4.79 Å². The molecule has 2 aromatic carbocycles. The van der Waals surface area contributed by atoms with Crippen LogP contribution in [0.5, 0.6) is 0 Å². The van der Waals surface area contributed by atoms with Crippen molar-refractivity contribution in [1.82, 2.24) is 10.6 Å². The molecule has 0 unspecified atom stereocenters. The first-order chi connectivity index (χ1) is 16.4. The maximum absolute atomic E-state index is 12.7. The van der Waals surface area contributed by atoms with Gasteiger partial charge in [-0.3, -0.25) is 9.59 Å². The Bertz CT molecular complexity index is 961. The van der Waals surface area contributed by atoms with E-state index in [4.69, 9.17) is 9.84 Å². The highest BCUT2D eigenvalue weighted by atomic mass is 16.5. The Hall–Kier alpha value is -3.35. The molecule has 182 valence electrons. The molecular formula is C27H34N2O5. The minimum Gasteiger partial charge on any atom is -0.481 e. The molecule has 2 atom stereocenters. The van der Waals surface area contributed by atoms with Gasteiger partial charge in [0.15, 0.2) is 0 Å². The zero-order chi connectivity index (χ0) is 24.5. The van der Waals surface area contributed by atoms with Gasteiger partial charge >= 0.3 is 12.1 Å². The predicted octanol–water partition coefficient (Wildman–Crippen LogP) is 4.84. The van der Waals surface area contributed by atoms with Gasteiger partial charge in [0, 0.05) is 24.4 Å². The van der Waals surface area contributed by atoms with Crippen LogP contribution in [0.1, 0.15) is 69.4 Å². The number of benzene rings is 2. The van der Waals surface area contributed by atoms with Gasteiger partial charge in [-0.1, -0.05) is 75.2 Å². The molecule has 0 bridgehead atoms. The lowest BCUT2D eigenvalue weighted by Gasteiger charge is -2.21. The number of alkyl carbamates (subject to hydrolysis) is 1. The van der Waals surface area contributed by atoms with Crippen molar-refractivity contribution in [2.24, 2.45) is 0 Å². The van der Waals surface area contributed by atoms with Gasteiger partial charge in [-0.15, -0.1) is 0 Å². The van der Waals surface area contributed by atoms with E-state index < -0.39 is 18.1 Å². The van der Waals surface area contributed by atoms with E-state index in [1.165, 1.54) is 0 Å². The van der Waals surface area contributed by atoms with Crippen molar-refractivity contribution in [3.05, 3.63) is 59.7 Å². The molecule has 0 spiro atoms. The van der Waals surface area contributed by atoms with Crippen LogP contribution in [0, 0.1) is 0 Å². The Morgan fingerprint density at radius 2 is 1.53 bits per heavy atom. The average Bonchev–Trinajstić information content (AvgIpc) is 3.14. The van der Waals surface area contributed by atoms with Crippen molar-refractivity contribution >= 4 is 18.0 Å². The number of unbranched alkanes of at least 4 members (excludes halogenated alkanes) is 1. The number of nitrogens with one attached hydrogen (secondary N) is 2. The third-order valence-corrected chi connectivity index (χ3v) is 6.28. The van der Waals surface area contributed by atoms with Crippen LogP contribution >= 0.6 is 0 Å². The Balaban J connectivity index is 1.59. The second kappa shape index (κ2) is 12.2. The van der Waals surface area contributed by atoms with Gasteiger partial charge in [-0.25, -0.2) is 4.79 Å². The first-order valence-corrected chi connectivity index (χ1v) is 12.1. The number of carbonyl (C=O) groups is 3. The van der Waals surface area contributed by atoms with Gasteiger partial charge in [0.2, 0.25) is 5.91 Å². The Morgan fingerprint density at radius 1 is 0.912 bits per heavy atom. The largest absolute Gasteiger partial charge is 0.481 e. The molecule has 0 aromatic heterocycles. The Morgan fingerprint density at radius 3 is 2.09 bits per heavy atom.